The molecule has 18 heavy (non-hydrogen) atoms. The van der Waals surface area contributed by atoms with Gasteiger partial charge in [-0.1, -0.05) is 33.8 Å². The van der Waals surface area contributed by atoms with E-state index in [1.807, 2.05) is 24.4 Å². The van der Waals surface area contributed by atoms with Gasteiger partial charge in [0.2, 0.25) is 0 Å². The van der Waals surface area contributed by atoms with Crippen molar-refractivity contribution in [2.24, 2.45) is 11.3 Å². The predicted molar refractivity (Wildman–Crippen MR) is 75.5 cm³/mol. The van der Waals surface area contributed by atoms with Crippen LogP contribution in [-0.4, -0.2) is 15.9 Å². The maximum Gasteiger partial charge on any atom is 0.137 e. The van der Waals surface area contributed by atoms with Gasteiger partial charge in [0.05, 0.1) is 5.69 Å². The molecule has 1 unspecified atom stereocenters. The molecule has 1 N–H and O–H groups in total. The van der Waals surface area contributed by atoms with Gasteiger partial charge in [-0.25, -0.2) is 4.98 Å². The summed E-state index contributed by atoms with van der Waals surface area (Å²) in [6.45, 7) is 11.0. The van der Waals surface area contributed by atoms with Gasteiger partial charge in [0, 0.05) is 18.9 Å². The molecule has 0 saturated heterocycles. The number of pyridine rings is 1. The number of hydrogen-bond donors (Lipinski definition) is 1. The Morgan fingerprint density at radius 1 is 1.33 bits per heavy atom. The topological polar surface area (TPSA) is 29.3 Å². The number of nitrogens with zero attached hydrogens (tertiary/aromatic N) is 2. The van der Waals surface area contributed by atoms with E-state index >= 15 is 0 Å². The van der Waals surface area contributed by atoms with E-state index < -0.39 is 0 Å². The molecule has 0 bridgehead atoms. The van der Waals surface area contributed by atoms with E-state index in [9.17, 15) is 0 Å². The van der Waals surface area contributed by atoms with Crippen LogP contribution >= 0.6 is 0 Å². The zero-order valence-electron chi connectivity index (χ0n) is 11.8. The highest BCUT2D eigenvalue weighted by molar-refractivity contribution is 5.39. The molecule has 0 amide bonds. The van der Waals surface area contributed by atoms with Gasteiger partial charge in [0.1, 0.15) is 5.65 Å². The van der Waals surface area contributed by atoms with E-state index in [1.54, 1.807) is 0 Å². The molecule has 0 spiro atoms. The molecular weight excluding hydrogens is 222 g/mol. The standard InChI is InChI=1S/C15H23N3/c1-12(15(2,3)4)9-16-10-13-11-18-8-6-5-7-14(18)17-13/h5-8,11-12,16H,9-10H2,1-4H3. The fraction of sp³-hybridized carbons (Fsp3) is 0.533. The van der Waals surface area contributed by atoms with E-state index in [4.69, 9.17) is 0 Å². The summed E-state index contributed by atoms with van der Waals surface area (Å²) in [6.07, 6.45) is 4.12. The minimum absolute atomic E-state index is 0.353. The molecule has 2 aromatic rings. The molecule has 2 heterocycles. The van der Waals surface area contributed by atoms with Crippen molar-refractivity contribution in [2.45, 2.75) is 34.2 Å². The molecule has 1 atom stereocenters. The summed E-state index contributed by atoms with van der Waals surface area (Å²) in [4.78, 5) is 4.57. The van der Waals surface area contributed by atoms with Crippen LogP contribution in [0.2, 0.25) is 0 Å². The Hall–Kier alpha value is -1.35. The third-order valence-electron chi connectivity index (χ3n) is 3.65. The van der Waals surface area contributed by atoms with E-state index in [1.165, 1.54) is 0 Å². The fourth-order valence-corrected chi connectivity index (χ4v) is 1.80. The van der Waals surface area contributed by atoms with Crippen molar-refractivity contribution in [1.29, 1.82) is 0 Å². The lowest BCUT2D eigenvalue weighted by Gasteiger charge is -2.27. The molecule has 2 rings (SSSR count). The second kappa shape index (κ2) is 5.11. The quantitative estimate of drug-likeness (QED) is 0.897. The highest BCUT2D eigenvalue weighted by Crippen LogP contribution is 2.24. The van der Waals surface area contributed by atoms with Crippen LogP contribution in [0.25, 0.3) is 5.65 Å². The van der Waals surface area contributed by atoms with Gasteiger partial charge in [-0.2, -0.15) is 0 Å². The fourth-order valence-electron chi connectivity index (χ4n) is 1.80. The summed E-state index contributed by atoms with van der Waals surface area (Å²) in [5.41, 5.74) is 2.46. The van der Waals surface area contributed by atoms with Crippen molar-refractivity contribution in [2.75, 3.05) is 6.54 Å². The number of fused-ring (bicyclic) bond motifs is 1. The SMILES string of the molecule is CC(CNCc1cn2ccccc2n1)C(C)(C)C. The van der Waals surface area contributed by atoms with Crippen LogP contribution in [0.5, 0.6) is 0 Å². The molecule has 0 aliphatic heterocycles. The molecule has 98 valence electrons. The maximum atomic E-state index is 4.57. The van der Waals surface area contributed by atoms with Crippen LogP contribution in [0.4, 0.5) is 0 Å². The van der Waals surface area contributed by atoms with E-state index in [2.05, 4.69) is 48.6 Å². The number of imidazole rings is 1. The Labute approximate surface area is 109 Å². The molecule has 3 nitrogen and oxygen atoms in total. The van der Waals surface area contributed by atoms with Gasteiger partial charge in [-0.15, -0.1) is 0 Å². The summed E-state index contributed by atoms with van der Waals surface area (Å²) in [6, 6.07) is 6.07. The summed E-state index contributed by atoms with van der Waals surface area (Å²) in [5, 5.41) is 3.49. The Bertz CT molecular complexity index is 475. The van der Waals surface area contributed by atoms with Crippen molar-refractivity contribution < 1.29 is 0 Å². The lowest BCUT2D eigenvalue weighted by Crippen LogP contribution is -2.29. The Morgan fingerprint density at radius 3 is 2.78 bits per heavy atom. The van der Waals surface area contributed by atoms with Crippen LogP contribution < -0.4 is 5.32 Å². The second-order valence-corrected chi connectivity index (χ2v) is 6.10. The predicted octanol–water partition coefficient (Wildman–Crippen LogP) is 3.11. The molecular formula is C15H23N3. The first kappa shape index (κ1) is 13.1. The molecule has 0 aliphatic rings. The third kappa shape index (κ3) is 3.10. The van der Waals surface area contributed by atoms with E-state index in [0.717, 1.165) is 24.4 Å². The molecule has 0 saturated carbocycles. The zero-order valence-corrected chi connectivity index (χ0v) is 11.8. The van der Waals surface area contributed by atoms with Gasteiger partial charge < -0.3 is 9.72 Å². The lowest BCUT2D eigenvalue weighted by atomic mass is 9.82. The van der Waals surface area contributed by atoms with Crippen LogP contribution in [-0.2, 0) is 6.54 Å². The minimum atomic E-state index is 0.353. The summed E-state index contributed by atoms with van der Waals surface area (Å²) in [7, 11) is 0. The molecule has 2 aromatic heterocycles. The van der Waals surface area contributed by atoms with Crippen LogP contribution in [0, 0.1) is 11.3 Å². The molecule has 0 aromatic carbocycles. The monoisotopic (exact) mass is 245 g/mol. The highest BCUT2D eigenvalue weighted by Gasteiger charge is 2.19. The second-order valence-electron chi connectivity index (χ2n) is 6.10. The number of aromatic nitrogens is 2. The van der Waals surface area contributed by atoms with E-state index in [-0.39, 0.29) is 0 Å². The van der Waals surface area contributed by atoms with Crippen LogP contribution in [0.3, 0.4) is 0 Å². The Morgan fingerprint density at radius 2 is 2.11 bits per heavy atom. The average molecular weight is 245 g/mol. The lowest BCUT2D eigenvalue weighted by molar-refractivity contribution is 0.252. The molecule has 3 heteroatoms. The van der Waals surface area contributed by atoms with Gasteiger partial charge in [0.15, 0.2) is 0 Å². The van der Waals surface area contributed by atoms with Crippen molar-refractivity contribution >= 4 is 5.65 Å². The van der Waals surface area contributed by atoms with Crippen LogP contribution in [0.1, 0.15) is 33.4 Å². The summed E-state index contributed by atoms with van der Waals surface area (Å²) in [5.74, 6) is 0.648. The minimum Gasteiger partial charge on any atom is -0.311 e. The average Bonchev–Trinajstić information content (AvgIpc) is 2.70. The van der Waals surface area contributed by atoms with Gasteiger partial charge >= 0.3 is 0 Å². The van der Waals surface area contributed by atoms with E-state index in [0.29, 0.717) is 11.3 Å². The van der Waals surface area contributed by atoms with Crippen molar-refractivity contribution in [1.82, 2.24) is 14.7 Å². The van der Waals surface area contributed by atoms with Crippen LogP contribution in [0.15, 0.2) is 30.6 Å². The first-order valence-corrected chi connectivity index (χ1v) is 6.60. The molecule has 0 aliphatic carbocycles. The van der Waals surface area contributed by atoms with Gasteiger partial charge in [0.25, 0.3) is 0 Å². The Kier molecular flexibility index (Phi) is 3.71. The first-order valence-electron chi connectivity index (χ1n) is 6.60. The zero-order chi connectivity index (χ0) is 13.2. The summed E-state index contributed by atoms with van der Waals surface area (Å²) >= 11 is 0. The maximum absolute atomic E-state index is 4.57. The third-order valence-corrected chi connectivity index (χ3v) is 3.65. The smallest absolute Gasteiger partial charge is 0.137 e. The van der Waals surface area contributed by atoms with Gasteiger partial charge in [-0.05, 0) is 30.0 Å². The largest absolute Gasteiger partial charge is 0.311 e. The molecule has 0 fully saturated rings. The van der Waals surface area contributed by atoms with Crippen molar-refractivity contribution in [3.63, 3.8) is 0 Å². The summed E-state index contributed by atoms with van der Waals surface area (Å²) < 4.78 is 2.06. The normalized spacial score (nSPS) is 14.0. The van der Waals surface area contributed by atoms with Gasteiger partial charge in [-0.3, -0.25) is 0 Å². The highest BCUT2D eigenvalue weighted by atomic mass is 15.0. The Balaban J connectivity index is 1.91. The van der Waals surface area contributed by atoms with Crippen molar-refractivity contribution in [3.8, 4) is 0 Å². The number of hydrogen-bond acceptors (Lipinski definition) is 2. The number of nitrogens with one attached hydrogen (secondary N) is 1. The molecule has 0 radical (unpaired) electrons. The van der Waals surface area contributed by atoms with Crippen molar-refractivity contribution in [3.05, 3.63) is 36.3 Å². The first-order chi connectivity index (χ1) is 8.47. The number of rotatable bonds is 4.